The molecule has 4 rings (SSSR count). The minimum atomic E-state index is -0.333. The van der Waals surface area contributed by atoms with Crippen molar-refractivity contribution in [1.29, 1.82) is 0 Å². The molecule has 3 aromatic rings. The summed E-state index contributed by atoms with van der Waals surface area (Å²) in [6.07, 6.45) is 1.39. The van der Waals surface area contributed by atoms with Crippen LogP contribution in [0, 0.1) is 17.6 Å². The first kappa shape index (κ1) is 19.0. The Balaban J connectivity index is 1.34. The zero-order valence-electron chi connectivity index (χ0n) is 15.7. The standard InChI is InChI=1S/C22H20F2N4O/c23-17-4-6-19(7-5-17)25-22(29)15-10-12-28(13-11-15)21-9-8-20(26-27-21)16-2-1-3-18(24)14-16/h1-9,14-15H,10-13H2,(H,25,29). The van der Waals surface area contributed by atoms with Gasteiger partial charge in [0.2, 0.25) is 5.91 Å². The van der Waals surface area contributed by atoms with E-state index in [-0.39, 0.29) is 23.5 Å². The van der Waals surface area contributed by atoms with Crippen LogP contribution in [-0.2, 0) is 4.79 Å². The Morgan fingerprint density at radius 3 is 2.34 bits per heavy atom. The highest BCUT2D eigenvalue weighted by atomic mass is 19.1. The lowest BCUT2D eigenvalue weighted by Crippen LogP contribution is -2.38. The van der Waals surface area contributed by atoms with Crippen LogP contribution < -0.4 is 10.2 Å². The van der Waals surface area contributed by atoms with E-state index in [1.54, 1.807) is 24.3 Å². The Labute approximate surface area is 167 Å². The lowest BCUT2D eigenvalue weighted by Gasteiger charge is -2.31. The van der Waals surface area contributed by atoms with E-state index >= 15 is 0 Å². The minimum Gasteiger partial charge on any atom is -0.355 e. The third-order valence-electron chi connectivity index (χ3n) is 5.07. The molecule has 1 amide bonds. The molecular weight excluding hydrogens is 374 g/mol. The molecule has 0 atom stereocenters. The number of nitrogens with one attached hydrogen (secondary N) is 1. The molecule has 5 nitrogen and oxygen atoms in total. The number of carbonyl (C=O) groups is 1. The first-order valence-corrected chi connectivity index (χ1v) is 9.49. The highest BCUT2D eigenvalue weighted by Crippen LogP contribution is 2.24. The van der Waals surface area contributed by atoms with E-state index in [2.05, 4.69) is 20.4 Å². The SMILES string of the molecule is O=C(Nc1ccc(F)cc1)C1CCN(c2ccc(-c3cccc(F)c3)nn2)CC1. The van der Waals surface area contributed by atoms with Gasteiger partial charge in [-0.15, -0.1) is 10.2 Å². The van der Waals surface area contributed by atoms with Crippen molar-refractivity contribution in [1.82, 2.24) is 10.2 Å². The number of anilines is 2. The molecule has 148 valence electrons. The number of nitrogens with zero attached hydrogens (tertiary/aromatic N) is 3. The molecule has 1 aliphatic heterocycles. The number of hydrogen-bond acceptors (Lipinski definition) is 4. The summed E-state index contributed by atoms with van der Waals surface area (Å²) in [4.78, 5) is 14.5. The van der Waals surface area contributed by atoms with Gasteiger partial charge in [0.1, 0.15) is 11.6 Å². The summed E-state index contributed by atoms with van der Waals surface area (Å²) >= 11 is 0. The average molecular weight is 394 g/mol. The number of hydrogen-bond donors (Lipinski definition) is 1. The van der Waals surface area contributed by atoms with E-state index in [4.69, 9.17) is 0 Å². The summed E-state index contributed by atoms with van der Waals surface area (Å²) in [5.41, 5.74) is 1.89. The summed E-state index contributed by atoms with van der Waals surface area (Å²) in [7, 11) is 0. The molecule has 1 aliphatic rings. The third kappa shape index (κ3) is 4.56. The lowest BCUT2D eigenvalue weighted by atomic mass is 9.96. The molecule has 0 unspecified atom stereocenters. The van der Waals surface area contributed by atoms with Gasteiger partial charge in [0, 0.05) is 30.3 Å². The van der Waals surface area contributed by atoms with Gasteiger partial charge in [-0.05, 0) is 61.4 Å². The number of benzene rings is 2. The highest BCUT2D eigenvalue weighted by molar-refractivity contribution is 5.92. The number of aromatic nitrogens is 2. The van der Waals surface area contributed by atoms with Crippen LogP contribution >= 0.6 is 0 Å². The number of halogens is 2. The van der Waals surface area contributed by atoms with Crippen molar-refractivity contribution in [2.24, 2.45) is 5.92 Å². The van der Waals surface area contributed by atoms with Crippen LogP contribution in [0.5, 0.6) is 0 Å². The van der Waals surface area contributed by atoms with Gasteiger partial charge in [-0.1, -0.05) is 12.1 Å². The molecule has 1 N–H and O–H groups in total. The van der Waals surface area contributed by atoms with Crippen LogP contribution in [0.1, 0.15) is 12.8 Å². The third-order valence-corrected chi connectivity index (χ3v) is 5.07. The van der Waals surface area contributed by atoms with Crippen molar-refractivity contribution in [3.8, 4) is 11.3 Å². The van der Waals surface area contributed by atoms with Crippen LogP contribution in [0.2, 0.25) is 0 Å². The molecule has 0 radical (unpaired) electrons. The van der Waals surface area contributed by atoms with Gasteiger partial charge in [0.05, 0.1) is 5.69 Å². The molecule has 1 aromatic heterocycles. The molecular formula is C22H20F2N4O. The van der Waals surface area contributed by atoms with Crippen molar-refractivity contribution in [2.75, 3.05) is 23.3 Å². The average Bonchev–Trinajstić information content (AvgIpc) is 2.75. The summed E-state index contributed by atoms with van der Waals surface area (Å²) in [5.74, 6) is -0.0580. The smallest absolute Gasteiger partial charge is 0.227 e. The van der Waals surface area contributed by atoms with Crippen molar-refractivity contribution < 1.29 is 13.6 Å². The van der Waals surface area contributed by atoms with Gasteiger partial charge in [-0.2, -0.15) is 0 Å². The molecule has 0 bridgehead atoms. The summed E-state index contributed by atoms with van der Waals surface area (Å²) in [6, 6.07) is 15.7. The molecule has 0 aliphatic carbocycles. The van der Waals surface area contributed by atoms with Crippen molar-refractivity contribution >= 4 is 17.4 Å². The molecule has 2 heterocycles. The van der Waals surface area contributed by atoms with Crippen LogP contribution in [0.4, 0.5) is 20.3 Å². The second kappa shape index (κ2) is 8.34. The van der Waals surface area contributed by atoms with E-state index in [9.17, 15) is 13.6 Å². The number of rotatable bonds is 4. The van der Waals surface area contributed by atoms with Crippen LogP contribution in [0.3, 0.4) is 0 Å². The van der Waals surface area contributed by atoms with E-state index in [0.717, 1.165) is 5.82 Å². The first-order valence-electron chi connectivity index (χ1n) is 9.49. The summed E-state index contributed by atoms with van der Waals surface area (Å²) < 4.78 is 26.4. The number of piperidine rings is 1. The van der Waals surface area contributed by atoms with Gasteiger partial charge in [0.25, 0.3) is 0 Å². The van der Waals surface area contributed by atoms with E-state index < -0.39 is 0 Å². The Hall–Kier alpha value is -3.35. The van der Waals surface area contributed by atoms with Crippen LogP contribution in [-0.4, -0.2) is 29.2 Å². The fourth-order valence-corrected chi connectivity index (χ4v) is 3.44. The zero-order chi connectivity index (χ0) is 20.2. The predicted molar refractivity (Wildman–Crippen MR) is 107 cm³/mol. The highest BCUT2D eigenvalue weighted by Gasteiger charge is 2.26. The van der Waals surface area contributed by atoms with Crippen molar-refractivity contribution in [3.05, 3.63) is 72.3 Å². The van der Waals surface area contributed by atoms with E-state index in [1.165, 1.54) is 24.3 Å². The maximum Gasteiger partial charge on any atom is 0.227 e. The Morgan fingerprint density at radius 1 is 0.931 bits per heavy atom. The van der Waals surface area contributed by atoms with Crippen LogP contribution in [0.15, 0.2) is 60.7 Å². The zero-order valence-corrected chi connectivity index (χ0v) is 15.7. The van der Waals surface area contributed by atoms with E-state index in [1.807, 2.05) is 12.1 Å². The Morgan fingerprint density at radius 2 is 1.69 bits per heavy atom. The molecule has 1 fully saturated rings. The first-order chi connectivity index (χ1) is 14.1. The lowest BCUT2D eigenvalue weighted by molar-refractivity contribution is -0.120. The maximum absolute atomic E-state index is 13.4. The largest absolute Gasteiger partial charge is 0.355 e. The molecule has 29 heavy (non-hydrogen) atoms. The van der Waals surface area contributed by atoms with Gasteiger partial charge in [-0.25, -0.2) is 8.78 Å². The van der Waals surface area contributed by atoms with E-state index in [0.29, 0.717) is 42.9 Å². The monoisotopic (exact) mass is 394 g/mol. The van der Waals surface area contributed by atoms with Gasteiger partial charge >= 0.3 is 0 Å². The van der Waals surface area contributed by atoms with Gasteiger partial charge in [-0.3, -0.25) is 4.79 Å². The minimum absolute atomic E-state index is 0.0520. The number of carbonyl (C=O) groups excluding carboxylic acids is 1. The van der Waals surface area contributed by atoms with Crippen LogP contribution in [0.25, 0.3) is 11.3 Å². The quantitative estimate of drug-likeness (QED) is 0.718. The van der Waals surface area contributed by atoms with Gasteiger partial charge < -0.3 is 10.2 Å². The fraction of sp³-hybridized carbons (Fsp3) is 0.227. The Kier molecular flexibility index (Phi) is 5.46. The topological polar surface area (TPSA) is 58.1 Å². The molecule has 2 aromatic carbocycles. The Bertz CT molecular complexity index is 984. The fourth-order valence-electron chi connectivity index (χ4n) is 3.44. The summed E-state index contributed by atoms with van der Waals surface area (Å²) in [5, 5.41) is 11.3. The molecule has 7 heteroatoms. The number of amides is 1. The molecule has 0 spiro atoms. The predicted octanol–water partition coefficient (Wildman–Crippen LogP) is 4.28. The summed E-state index contributed by atoms with van der Waals surface area (Å²) in [6.45, 7) is 1.38. The molecule has 1 saturated heterocycles. The van der Waals surface area contributed by atoms with Gasteiger partial charge in [0.15, 0.2) is 5.82 Å². The van der Waals surface area contributed by atoms with Crippen molar-refractivity contribution in [2.45, 2.75) is 12.8 Å². The normalized spacial score (nSPS) is 14.6. The maximum atomic E-state index is 13.4. The second-order valence-corrected chi connectivity index (χ2v) is 7.04. The second-order valence-electron chi connectivity index (χ2n) is 7.04. The molecule has 0 saturated carbocycles. The van der Waals surface area contributed by atoms with Crippen molar-refractivity contribution in [3.63, 3.8) is 0 Å².